The van der Waals surface area contributed by atoms with Gasteiger partial charge in [0.1, 0.15) is 5.75 Å². The van der Waals surface area contributed by atoms with E-state index in [2.05, 4.69) is 11.8 Å². The van der Waals surface area contributed by atoms with Crippen molar-refractivity contribution in [1.29, 1.82) is 0 Å². The largest absolute Gasteiger partial charge is 0.494 e. The van der Waals surface area contributed by atoms with Crippen molar-refractivity contribution in [3.63, 3.8) is 0 Å². The zero-order chi connectivity index (χ0) is 20.5. The molecule has 4 nitrogen and oxygen atoms in total. The molecule has 1 aliphatic rings. The Balaban J connectivity index is 1.72. The average Bonchev–Trinajstić information content (AvgIpc) is 2.76. The van der Waals surface area contributed by atoms with Crippen molar-refractivity contribution >= 4 is 17.4 Å². The third kappa shape index (κ3) is 6.56. The lowest BCUT2D eigenvalue weighted by Crippen LogP contribution is -2.40. The summed E-state index contributed by atoms with van der Waals surface area (Å²) >= 11 is 6.06. The van der Waals surface area contributed by atoms with Crippen LogP contribution in [0.5, 0.6) is 5.75 Å². The average molecular weight is 416 g/mol. The van der Waals surface area contributed by atoms with Crippen LogP contribution in [0, 0.1) is 0 Å². The number of benzene rings is 2. The lowest BCUT2D eigenvalue weighted by Gasteiger charge is -2.30. The fourth-order valence-corrected chi connectivity index (χ4v) is 3.66. The minimum atomic E-state index is -0.235. The Labute approximate surface area is 178 Å². The number of carbonyl (C=O) groups excluding carboxylic acids is 1. The number of ether oxygens (including phenoxy) is 2. The number of hydrogen-bond acceptors (Lipinski definition) is 4. The van der Waals surface area contributed by atoms with Gasteiger partial charge in [0, 0.05) is 30.2 Å². The normalized spacial score (nSPS) is 15.8. The van der Waals surface area contributed by atoms with Crippen molar-refractivity contribution in [1.82, 2.24) is 4.90 Å². The van der Waals surface area contributed by atoms with Gasteiger partial charge in [-0.15, -0.1) is 0 Å². The molecule has 0 bridgehead atoms. The van der Waals surface area contributed by atoms with E-state index in [1.54, 1.807) is 0 Å². The topological polar surface area (TPSA) is 38.8 Å². The maximum atomic E-state index is 13.4. The number of Topliss-reactive ketones (excluding diaryl/α,β-unsaturated/α-hetero) is 1. The molecule has 2 aromatic carbocycles. The molecule has 156 valence electrons. The highest BCUT2D eigenvalue weighted by Gasteiger charge is 2.25. The van der Waals surface area contributed by atoms with Crippen LogP contribution >= 0.6 is 11.6 Å². The second kappa shape index (κ2) is 11.3. The number of unbranched alkanes of at least 4 members (excludes halogenated alkanes) is 2. The van der Waals surface area contributed by atoms with Crippen LogP contribution in [-0.2, 0) is 4.74 Å². The van der Waals surface area contributed by atoms with E-state index in [1.165, 1.54) is 12.8 Å². The number of halogens is 1. The number of morpholine rings is 1. The van der Waals surface area contributed by atoms with Gasteiger partial charge in [-0.2, -0.15) is 0 Å². The van der Waals surface area contributed by atoms with E-state index in [-0.39, 0.29) is 11.7 Å². The van der Waals surface area contributed by atoms with E-state index in [4.69, 9.17) is 21.1 Å². The first-order valence-corrected chi connectivity index (χ1v) is 10.9. The highest BCUT2D eigenvalue weighted by atomic mass is 35.5. The van der Waals surface area contributed by atoms with Crippen molar-refractivity contribution < 1.29 is 14.3 Å². The smallest absolute Gasteiger partial charge is 0.171 e. The Morgan fingerprint density at radius 3 is 2.41 bits per heavy atom. The molecule has 1 aliphatic heterocycles. The maximum Gasteiger partial charge on any atom is 0.171 e. The molecule has 1 heterocycles. The molecule has 1 saturated heterocycles. The number of nitrogens with zero attached hydrogens (tertiary/aromatic N) is 1. The third-order valence-corrected chi connectivity index (χ3v) is 5.54. The molecule has 0 saturated carbocycles. The van der Waals surface area contributed by atoms with Gasteiger partial charge >= 0.3 is 0 Å². The number of ketones is 1. The zero-order valence-corrected chi connectivity index (χ0v) is 17.9. The van der Waals surface area contributed by atoms with E-state index >= 15 is 0 Å². The van der Waals surface area contributed by atoms with Crippen LogP contribution in [0.2, 0.25) is 5.02 Å². The minimum absolute atomic E-state index is 0.122. The monoisotopic (exact) mass is 415 g/mol. The second-order valence-corrected chi connectivity index (χ2v) is 7.90. The van der Waals surface area contributed by atoms with Gasteiger partial charge in [-0.3, -0.25) is 9.69 Å². The lowest BCUT2D eigenvalue weighted by molar-refractivity contribution is 0.0345. The van der Waals surface area contributed by atoms with Gasteiger partial charge in [0.05, 0.1) is 25.7 Å². The van der Waals surface area contributed by atoms with Crippen molar-refractivity contribution in [3.8, 4) is 5.75 Å². The SMILES string of the molecule is CCCCCOc1ccc(C(=O)C(CN2CCOCC2)c2ccc(Cl)cc2)cc1. The van der Waals surface area contributed by atoms with Crippen LogP contribution in [-0.4, -0.2) is 50.1 Å². The van der Waals surface area contributed by atoms with Crippen LogP contribution in [0.4, 0.5) is 0 Å². The van der Waals surface area contributed by atoms with E-state index in [0.29, 0.717) is 37.0 Å². The predicted octanol–water partition coefficient (Wildman–Crippen LogP) is 5.21. The summed E-state index contributed by atoms with van der Waals surface area (Å²) in [5, 5.41) is 0.677. The maximum absolute atomic E-state index is 13.4. The molecule has 5 heteroatoms. The third-order valence-electron chi connectivity index (χ3n) is 5.29. The van der Waals surface area contributed by atoms with Gasteiger partial charge in [0.15, 0.2) is 5.78 Å². The molecule has 0 amide bonds. The first-order chi connectivity index (χ1) is 14.2. The summed E-state index contributed by atoms with van der Waals surface area (Å²) < 4.78 is 11.2. The number of carbonyl (C=O) groups is 1. The molecule has 0 N–H and O–H groups in total. The van der Waals surface area contributed by atoms with Gasteiger partial charge in [0.2, 0.25) is 0 Å². The summed E-state index contributed by atoms with van der Waals surface area (Å²) in [4.78, 5) is 15.7. The van der Waals surface area contributed by atoms with Crippen molar-refractivity contribution in [2.45, 2.75) is 32.1 Å². The van der Waals surface area contributed by atoms with Crippen molar-refractivity contribution in [3.05, 3.63) is 64.7 Å². The van der Waals surface area contributed by atoms with Gasteiger partial charge in [-0.25, -0.2) is 0 Å². The summed E-state index contributed by atoms with van der Waals surface area (Å²) in [6.07, 6.45) is 3.39. The molecule has 29 heavy (non-hydrogen) atoms. The Morgan fingerprint density at radius 1 is 1.07 bits per heavy atom. The zero-order valence-electron chi connectivity index (χ0n) is 17.1. The van der Waals surface area contributed by atoms with Gasteiger partial charge in [0.25, 0.3) is 0 Å². The molecule has 0 aromatic heterocycles. The Morgan fingerprint density at radius 2 is 1.76 bits per heavy atom. The quantitative estimate of drug-likeness (QED) is 0.394. The van der Waals surface area contributed by atoms with E-state index < -0.39 is 0 Å². The second-order valence-electron chi connectivity index (χ2n) is 7.46. The molecule has 1 unspecified atom stereocenters. The Hall–Kier alpha value is -1.88. The number of rotatable bonds is 10. The molecular formula is C24H30ClNO3. The van der Waals surface area contributed by atoms with E-state index in [0.717, 1.165) is 30.8 Å². The predicted molar refractivity (Wildman–Crippen MR) is 117 cm³/mol. The number of hydrogen-bond donors (Lipinski definition) is 0. The van der Waals surface area contributed by atoms with Crippen molar-refractivity contribution in [2.24, 2.45) is 0 Å². The minimum Gasteiger partial charge on any atom is -0.494 e. The first-order valence-electron chi connectivity index (χ1n) is 10.5. The first kappa shape index (κ1) is 21.8. The Kier molecular flexibility index (Phi) is 8.53. The molecule has 0 radical (unpaired) electrons. The summed E-state index contributed by atoms with van der Waals surface area (Å²) in [5.74, 6) is 0.701. The molecule has 0 spiro atoms. The van der Waals surface area contributed by atoms with Gasteiger partial charge in [-0.05, 0) is 48.4 Å². The summed E-state index contributed by atoms with van der Waals surface area (Å²) in [5.41, 5.74) is 1.70. The molecule has 0 aliphatic carbocycles. The van der Waals surface area contributed by atoms with Crippen LogP contribution in [0.15, 0.2) is 48.5 Å². The fourth-order valence-electron chi connectivity index (χ4n) is 3.54. The van der Waals surface area contributed by atoms with E-state index in [1.807, 2.05) is 48.5 Å². The fraction of sp³-hybridized carbons (Fsp3) is 0.458. The molecule has 1 fully saturated rings. The summed E-state index contributed by atoms with van der Waals surface area (Å²) in [6, 6.07) is 15.2. The van der Waals surface area contributed by atoms with Gasteiger partial charge in [-0.1, -0.05) is 43.5 Å². The molecule has 3 rings (SSSR count). The van der Waals surface area contributed by atoms with Crippen LogP contribution in [0.1, 0.15) is 48.0 Å². The van der Waals surface area contributed by atoms with Crippen LogP contribution in [0.25, 0.3) is 0 Å². The van der Waals surface area contributed by atoms with Gasteiger partial charge < -0.3 is 9.47 Å². The lowest BCUT2D eigenvalue weighted by atomic mass is 9.90. The summed E-state index contributed by atoms with van der Waals surface area (Å²) in [7, 11) is 0. The summed E-state index contributed by atoms with van der Waals surface area (Å²) in [6.45, 7) is 6.69. The molecule has 2 aromatic rings. The standard InChI is InChI=1S/C24H30ClNO3/c1-2-3-4-15-29-22-11-7-20(8-12-22)24(27)23(18-26-13-16-28-17-14-26)19-5-9-21(25)10-6-19/h5-12,23H,2-4,13-18H2,1H3. The highest BCUT2D eigenvalue weighted by Crippen LogP contribution is 2.25. The molecular weight excluding hydrogens is 386 g/mol. The molecule has 1 atom stereocenters. The van der Waals surface area contributed by atoms with E-state index in [9.17, 15) is 4.79 Å². The van der Waals surface area contributed by atoms with Crippen molar-refractivity contribution in [2.75, 3.05) is 39.5 Å². The van der Waals surface area contributed by atoms with Crippen LogP contribution in [0.3, 0.4) is 0 Å². The van der Waals surface area contributed by atoms with Crippen LogP contribution < -0.4 is 4.74 Å². The Bertz CT molecular complexity index is 755. The highest BCUT2D eigenvalue weighted by molar-refractivity contribution is 6.30.